The molecule has 28 heavy (non-hydrogen) atoms. The van der Waals surface area contributed by atoms with Crippen LogP contribution in [0.1, 0.15) is 10.4 Å². The molecular weight excluding hydrogens is 356 g/mol. The molecule has 0 fully saturated rings. The average Bonchev–Trinajstić information content (AvgIpc) is 3.27. The number of furan rings is 1. The van der Waals surface area contributed by atoms with Gasteiger partial charge in [-0.1, -0.05) is 18.2 Å². The van der Waals surface area contributed by atoms with Crippen molar-refractivity contribution in [2.24, 2.45) is 10.2 Å². The number of anilines is 1. The standard InChI is InChI=1S/C21H16N4O3/c1-27-21(26)14-12-17(18-8-5-11-28-18)23-16-10-9-15(22)20(19(14)16)25-24-13-6-3-2-4-7-13/h2-12H,22H2,1H3. The van der Waals surface area contributed by atoms with Crippen molar-refractivity contribution in [2.75, 3.05) is 12.8 Å². The van der Waals surface area contributed by atoms with Crippen LogP contribution in [-0.4, -0.2) is 18.1 Å². The van der Waals surface area contributed by atoms with E-state index >= 15 is 0 Å². The summed E-state index contributed by atoms with van der Waals surface area (Å²) >= 11 is 0. The molecule has 0 atom stereocenters. The SMILES string of the molecule is COC(=O)c1cc(-c2ccco2)nc2ccc(N)c(N=Nc3ccccc3)c12. The van der Waals surface area contributed by atoms with Crippen LogP contribution in [0, 0.1) is 0 Å². The van der Waals surface area contributed by atoms with Crippen LogP contribution in [0.2, 0.25) is 0 Å². The molecule has 7 heteroatoms. The van der Waals surface area contributed by atoms with Crippen molar-refractivity contribution in [3.63, 3.8) is 0 Å². The molecule has 0 saturated heterocycles. The summed E-state index contributed by atoms with van der Waals surface area (Å²) < 4.78 is 10.4. The summed E-state index contributed by atoms with van der Waals surface area (Å²) in [4.78, 5) is 17.1. The first kappa shape index (κ1) is 17.4. The number of rotatable bonds is 4. The number of esters is 1. The Bertz CT molecular complexity index is 1170. The van der Waals surface area contributed by atoms with E-state index in [1.54, 1.807) is 36.6 Å². The lowest BCUT2D eigenvalue weighted by molar-refractivity contribution is 0.0603. The minimum absolute atomic E-state index is 0.285. The first-order chi connectivity index (χ1) is 13.7. The molecule has 0 aliphatic rings. The van der Waals surface area contributed by atoms with Crippen LogP contribution in [0.3, 0.4) is 0 Å². The molecule has 138 valence electrons. The lowest BCUT2D eigenvalue weighted by atomic mass is 10.0. The van der Waals surface area contributed by atoms with Gasteiger partial charge in [-0.3, -0.25) is 0 Å². The highest BCUT2D eigenvalue weighted by molar-refractivity contribution is 6.11. The molecule has 2 aromatic carbocycles. The molecule has 4 rings (SSSR count). The van der Waals surface area contributed by atoms with Crippen LogP contribution >= 0.6 is 0 Å². The number of azo groups is 1. The Morgan fingerprint density at radius 2 is 1.89 bits per heavy atom. The highest BCUT2D eigenvalue weighted by Gasteiger charge is 2.20. The van der Waals surface area contributed by atoms with Crippen molar-refractivity contribution in [2.45, 2.75) is 0 Å². The predicted octanol–water partition coefficient (Wildman–Crippen LogP) is 5.28. The molecule has 0 radical (unpaired) electrons. The van der Waals surface area contributed by atoms with E-state index in [9.17, 15) is 4.79 Å². The fourth-order valence-corrected chi connectivity index (χ4v) is 2.86. The van der Waals surface area contributed by atoms with Crippen molar-refractivity contribution in [1.82, 2.24) is 4.98 Å². The number of benzene rings is 2. The Morgan fingerprint density at radius 1 is 1.07 bits per heavy atom. The molecule has 2 heterocycles. The molecule has 0 aliphatic carbocycles. The van der Waals surface area contributed by atoms with E-state index in [4.69, 9.17) is 14.9 Å². The number of ether oxygens (including phenoxy) is 1. The minimum Gasteiger partial charge on any atom is -0.465 e. The number of pyridine rings is 1. The molecule has 0 aliphatic heterocycles. The Kier molecular flexibility index (Phi) is 4.55. The summed E-state index contributed by atoms with van der Waals surface area (Å²) in [6, 6.07) is 17.8. The van der Waals surface area contributed by atoms with Crippen molar-refractivity contribution < 1.29 is 13.9 Å². The Hall–Kier alpha value is -4.00. The number of carbonyl (C=O) groups excluding carboxylic acids is 1. The Labute approximate surface area is 160 Å². The second-order valence-corrected chi connectivity index (χ2v) is 5.96. The number of hydrogen-bond acceptors (Lipinski definition) is 7. The van der Waals surface area contributed by atoms with E-state index in [2.05, 4.69) is 15.2 Å². The third-order valence-electron chi connectivity index (χ3n) is 4.18. The number of nitrogens with two attached hydrogens (primary N) is 1. The minimum atomic E-state index is -0.526. The summed E-state index contributed by atoms with van der Waals surface area (Å²) in [5.74, 6) is 0.0123. The molecule has 0 spiro atoms. The van der Waals surface area contributed by atoms with Gasteiger partial charge in [0, 0.05) is 5.39 Å². The number of methoxy groups -OCH3 is 1. The number of carbonyl (C=O) groups is 1. The number of hydrogen-bond donors (Lipinski definition) is 1. The van der Waals surface area contributed by atoms with E-state index in [0.717, 1.165) is 0 Å². The highest BCUT2D eigenvalue weighted by Crippen LogP contribution is 2.37. The van der Waals surface area contributed by atoms with Gasteiger partial charge in [-0.05, 0) is 42.5 Å². The summed E-state index contributed by atoms with van der Waals surface area (Å²) in [6.45, 7) is 0. The zero-order valence-corrected chi connectivity index (χ0v) is 15.0. The van der Waals surface area contributed by atoms with Gasteiger partial charge in [0.15, 0.2) is 5.76 Å². The van der Waals surface area contributed by atoms with Crippen LogP contribution in [-0.2, 0) is 4.74 Å². The normalized spacial score (nSPS) is 11.2. The van der Waals surface area contributed by atoms with Gasteiger partial charge in [-0.15, -0.1) is 5.11 Å². The van der Waals surface area contributed by atoms with Gasteiger partial charge in [0.1, 0.15) is 11.4 Å². The van der Waals surface area contributed by atoms with Crippen LogP contribution < -0.4 is 5.73 Å². The largest absolute Gasteiger partial charge is 0.465 e. The smallest absolute Gasteiger partial charge is 0.338 e. The first-order valence-corrected chi connectivity index (χ1v) is 8.49. The zero-order valence-electron chi connectivity index (χ0n) is 15.0. The molecule has 0 saturated carbocycles. The fourth-order valence-electron chi connectivity index (χ4n) is 2.86. The molecule has 0 amide bonds. The van der Waals surface area contributed by atoms with Gasteiger partial charge >= 0.3 is 5.97 Å². The summed E-state index contributed by atoms with van der Waals surface area (Å²) in [7, 11) is 1.32. The van der Waals surface area contributed by atoms with Crippen molar-refractivity contribution >= 4 is 33.9 Å². The van der Waals surface area contributed by atoms with Crippen molar-refractivity contribution in [3.05, 3.63) is 72.5 Å². The quantitative estimate of drug-likeness (QED) is 0.298. The molecule has 0 unspecified atom stereocenters. The van der Waals surface area contributed by atoms with E-state index in [1.165, 1.54) is 7.11 Å². The van der Waals surface area contributed by atoms with E-state index in [1.807, 2.05) is 30.3 Å². The predicted molar refractivity (Wildman–Crippen MR) is 106 cm³/mol. The van der Waals surface area contributed by atoms with Crippen molar-refractivity contribution in [3.8, 4) is 11.5 Å². The van der Waals surface area contributed by atoms with Gasteiger partial charge in [0.2, 0.25) is 0 Å². The maximum atomic E-state index is 12.5. The van der Waals surface area contributed by atoms with E-state index in [0.29, 0.717) is 39.4 Å². The molecule has 7 nitrogen and oxygen atoms in total. The fraction of sp³-hybridized carbons (Fsp3) is 0.0476. The monoisotopic (exact) mass is 372 g/mol. The first-order valence-electron chi connectivity index (χ1n) is 8.49. The highest BCUT2D eigenvalue weighted by atomic mass is 16.5. The number of nitrogen functional groups attached to an aromatic ring is 1. The average molecular weight is 372 g/mol. The zero-order chi connectivity index (χ0) is 19.5. The molecule has 4 aromatic rings. The van der Waals surface area contributed by atoms with Crippen molar-refractivity contribution in [1.29, 1.82) is 0 Å². The second-order valence-electron chi connectivity index (χ2n) is 5.96. The summed E-state index contributed by atoms with van der Waals surface area (Å²) in [6.07, 6.45) is 1.54. The number of nitrogens with zero attached hydrogens (tertiary/aromatic N) is 3. The van der Waals surface area contributed by atoms with E-state index < -0.39 is 5.97 Å². The van der Waals surface area contributed by atoms with Crippen LogP contribution in [0.25, 0.3) is 22.4 Å². The Balaban J connectivity index is 1.96. The third kappa shape index (κ3) is 3.21. The molecule has 2 N–H and O–H groups in total. The van der Waals surface area contributed by atoms with Crippen LogP contribution in [0.15, 0.2) is 81.6 Å². The third-order valence-corrected chi connectivity index (χ3v) is 4.18. The molecule has 2 aromatic heterocycles. The topological polar surface area (TPSA) is 103 Å². The molecular formula is C21H16N4O3. The summed E-state index contributed by atoms with van der Waals surface area (Å²) in [5.41, 5.74) is 8.87. The van der Waals surface area contributed by atoms with Gasteiger partial charge in [-0.25, -0.2) is 9.78 Å². The lowest BCUT2D eigenvalue weighted by Gasteiger charge is -2.10. The lowest BCUT2D eigenvalue weighted by Crippen LogP contribution is -2.04. The number of aromatic nitrogens is 1. The van der Waals surface area contributed by atoms with Crippen LogP contribution in [0.5, 0.6) is 0 Å². The van der Waals surface area contributed by atoms with Crippen LogP contribution in [0.4, 0.5) is 17.1 Å². The maximum Gasteiger partial charge on any atom is 0.338 e. The van der Waals surface area contributed by atoms with Gasteiger partial charge in [0.25, 0.3) is 0 Å². The maximum absolute atomic E-state index is 12.5. The van der Waals surface area contributed by atoms with E-state index in [-0.39, 0.29) is 5.56 Å². The van der Waals surface area contributed by atoms with Gasteiger partial charge in [0.05, 0.1) is 35.8 Å². The Morgan fingerprint density at radius 3 is 2.61 bits per heavy atom. The number of fused-ring (bicyclic) bond motifs is 1. The molecule has 0 bridgehead atoms. The summed E-state index contributed by atoms with van der Waals surface area (Å²) in [5, 5.41) is 9.01. The van der Waals surface area contributed by atoms with Gasteiger partial charge in [-0.2, -0.15) is 5.11 Å². The second kappa shape index (κ2) is 7.32. The van der Waals surface area contributed by atoms with Gasteiger partial charge < -0.3 is 14.9 Å².